The lowest BCUT2D eigenvalue weighted by atomic mass is 9.88. The molecule has 1 aromatic carbocycles. The Morgan fingerprint density at radius 1 is 1.13 bits per heavy atom. The molecule has 6 nitrogen and oxygen atoms in total. The summed E-state index contributed by atoms with van der Waals surface area (Å²) in [5, 5.41) is 2.98. The summed E-state index contributed by atoms with van der Waals surface area (Å²) in [6.45, 7) is 5.78. The highest BCUT2D eigenvalue weighted by atomic mass is 16.2. The number of amides is 2. The van der Waals surface area contributed by atoms with E-state index in [1.165, 1.54) is 5.56 Å². The molecule has 160 valence electrons. The summed E-state index contributed by atoms with van der Waals surface area (Å²) in [7, 11) is 0. The molecular formula is C25H28N4O2. The Balaban J connectivity index is 1.31. The fourth-order valence-corrected chi connectivity index (χ4v) is 4.04. The molecule has 1 aliphatic rings. The molecule has 4 rings (SSSR count). The van der Waals surface area contributed by atoms with Crippen LogP contribution in [0.25, 0.3) is 5.65 Å². The highest BCUT2D eigenvalue weighted by molar-refractivity contribution is 5.94. The minimum atomic E-state index is -0.0861. The molecular weight excluding hydrogens is 388 g/mol. The summed E-state index contributed by atoms with van der Waals surface area (Å²) in [5.74, 6) is 0.477. The summed E-state index contributed by atoms with van der Waals surface area (Å²) in [5.41, 5.74) is 4.57. The molecule has 3 heterocycles. The van der Waals surface area contributed by atoms with Gasteiger partial charge in [0.15, 0.2) is 0 Å². The van der Waals surface area contributed by atoms with Crippen LogP contribution in [0.5, 0.6) is 0 Å². The Bertz CT molecular complexity index is 1110. The van der Waals surface area contributed by atoms with Crippen LogP contribution < -0.4 is 5.32 Å². The molecule has 1 fully saturated rings. The van der Waals surface area contributed by atoms with E-state index in [9.17, 15) is 9.59 Å². The third-order valence-corrected chi connectivity index (χ3v) is 6.11. The quantitative estimate of drug-likeness (QED) is 0.641. The number of piperidine rings is 1. The molecule has 0 saturated carbocycles. The molecule has 2 aromatic heterocycles. The zero-order valence-electron chi connectivity index (χ0n) is 18.0. The van der Waals surface area contributed by atoms with Crippen molar-refractivity contribution in [2.75, 3.05) is 13.1 Å². The van der Waals surface area contributed by atoms with Gasteiger partial charge in [-0.1, -0.05) is 18.2 Å². The Morgan fingerprint density at radius 2 is 1.87 bits per heavy atom. The van der Waals surface area contributed by atoms with Crippen molar-refractivity contribution in [3.63, 3.8) is 0 Å². The van der Waals surface area contributed by atoms with Crippen molar-refractivity contribution >= 4 is 17.5 Å². The number of nitrogens with one attached hydrogen (secondary N) is 1. The molecule has 1 N–H and O–H groups in total. The Kier molecular flexibility index (Phi) is 6.16. The van der Waals surface area contributed by atoms with Gasteiger partial charge in [0.2, 0.25) is 5.91 Å². The molecule has 0 radical (unpaired) electrons. The number of benzene rings is 1. The lowest BCUT2D eigenvalue weighted by Gasteiger charge is -2.32. The highest BCUT2D eigenvalue weighted by Crippen LogP contribution is 2.28. The van der Waals surface area contributed by atoms with Crippen LogP contribution in [0.1, 0.15) is 54.1 Å². The fraction of sp³-hybridized carbons (Fsp3) is 0.320. The van der Waals surface area contributed by atoms with E-state index in [-0.39, 0.29) is 11.8 Å². The van der Waals surface area contributed by atoms with Gasteiger partial charge in [-0.3, -0.25) is 9.59 Å². The molecule has 2 amide bonds. The second-order valence-electron chi connectivity index (χ2n) is 8.07. The summed E-state index contributed by atoms with van der Waals surface area (Å²) in [4.78, 5) is 31.1. The minimum Gasteiger partial charge on any atom is -0.348 e. The molecule has 3 aromatic rings. The number of aromatic nitrogens is 2. The van der Waals surface area contributed by atoms with Gasteiger partial charge in [-0.2, -0.15) is 0 Å². The number of imidazole rings is 1. The normalized spacial score (nSPS) is 15.3. The van der Waals surface area contributed by atoms with Crippen molar-refractivity contribution in [3.05, 3.63) is 83.3 Å². The lowest BCUT2D eigenvalue weighted by molar-refractivity contribution is -0.128. The maximum Gasteiger partial charge on any atom is 0.251 e. The van der Waals surface area contributed by atoms with Gasteiger partial charge < -0.3 is 14.6 Å². The van der Waals surface area contributed by atoms with E-state index >= 15 is 0 Å². The number of hydrogen-bond acceptors (Lipinski definition) is 3. The number of allylic oxidation sites excluding steroid dienone is 1. The summed E-state index contributed by atoms with van der Waals surface area (Å²) in [6.07, 6.45) is 9.36. The van der Waals surface area contributed by atoms with Crippen molar-refractivity contribution in [2.24, 2.45) is 0 Å². The highest BCUT2D eigenvalue weighted by Gasteiger charge is 2.24. The molecule has 0 unspecified atom stereocenters. The molecule has 1 aliphatic heterocycles. The Morgan fingerprint density at radius 3 is 2.58 bits per heavy atom. The van der Waals surface area contributed by atoms with Crippen molar-refractivity contribution in [1.82, 2.24) is 19.6 Å². The zero-order valence-corrected chi connectivity index (χ0v) is 18.0. The van der Waals surface area contributed by atoms with Crippen molar-refractivity contribution in [1.29, 1.82) is 0 Å². The summed E-state index contributed by atoms with van der Waals surface area (Å²) < 4.78 is 1.94. The first-order valence-electron chi connectivity index (χ1n) is 10.8. The van der Waals surface area contributed by atoms with Crippen molar-refractivity contribution in [2.45, 2.75) is 39.2 Å². The van der Waals surface area contributed by atoms with Crippen LogP contribution in [0.15, 0.2) is 66.6 Å². The first kappa shape index (κ1) is 20.8. The van der Waals surface area contributed by atoms with Gasteiger partial charge in [0.05, 0.1) is 0 Å². The van der Waals surface area contributed by atoms with Crippen LogP contribution in [0.2, 0.25) is 0 Å². The molecule has 1 saturated heterocycles. The first-order valence-corrected chi connectivity index (χ1v) is 10.8. The standard InChI is InChI=1S/C25H28N4O2/c1-3-18(2)25(31)29-13-9-21(10-14-29)20-4-6-22(7-5-20)24(30)27-17-19-8-12-28-15-11-26-23(28)16-19/h3-8,11-12,15-16,21H,9-10,13-14,17H2,1-2H3,(H,27,30). The third-order valence-electron chi connectivity index (χ3n) is 6.11. The fourth-order valence-electron chi connectivity index (χ4n) is 4.04. The SMILES string of the molecule is CC=C(C)C(=O)N1CCC(c2ccc(C(=O)NCc3ccn4ccnc4c3)cc2)CC1. The molecule has 0 bridgehead atoms. The number of hydrogen-bond donors (Lipinski definition) is 1. The van der Waals surface area contributed by atoms with E-state index in [1.54, 1.807) is 6.20 Å². The maximum atomic E-state index is 12.5. The Hall–Kier alpha value is -3.41. The van der Waals surface area contributed by atoms with E-state index in [1.807, 2.05) is 78.0 Å². The van der Waals surface area contributed by atoms with Gasteiger partial charge in [-0.15, -0.1) is 0 Å². The molecule has 31 heavy (non-hydrogen) atoms. The second-order valence-corrected chi connectivity index (χ2v) is 8.07. The topological polar surface area (TPSA) is 66.7 Å². The van der Waals surface area contributed by atoms with Gasteiger partial charge in [-0.05, 0) is 68.0 Å². The van der Waals surface area contributed by atoms with E-state index in [0.717, 1.165) is 42.7 Å². The maximum absolute atomic E-state index is 12.5. The zero-order chi connectivity index (χ0) is 21.8. The van der Waals surface area contributed by atoms with Gasteiger partial charge in [0.25, 0.3) is 5.91 Å². The smallest absolute Gasteiger partial charge is 0.251 e. The van der Waals surface area contributed by atoms with E-state index < -0.39 is 0 Å². The van der Waals surface area contributed by atoms with Crippen molar-refractivity contribution < 1.29 is 9.59 Å². The summed E-state index contributed by atoms with van der Waals surface area (Å²) >= 11 is 0. The average Bonchev–Trinajstić information content (AvgIpc) is 3.29. The summed E-state index contributed by atoms with van der Waals surface area (Å²) in [6, 6.07) is 11.8. The second kappa shape index (κ2) is 9.16. The largest absolute Gasteiger partial charge is 0.348 e. The van der Waals surface area contributed by atoms with E-state index in [4.69, 9.17) is 0 Å². The molecule has 0 aliphatic carbocycles. The predicted molar refractivity (Wildman–Crippen MR) is 121 cm³/mol. The van der Waals surface area contributed by atoms with E-state index in [2.05, 4.69) is 10.3 Å². The molecule has 0 spiro atoms. The number of nitrogens with zero attached hydrogens (tertiary/aromatic N) is 3. The first-order chi connectivity index (χ1) is 15.0. The third kappa shape index (κ3) is 4.68. The van der Waals surface area contributed by atoms with Gasteiger partial charge >= 0.3 is 0 Å². The number of carbonyl (C=O) groups is 2. The van der Waals surface area contributed by atoms with Crippen LogP contribution in [0, 0.1) is 0 Å². The number of fused-ring (bicyclic) bond motifs is 1. The van der Waals surface area contributed by atoms with Crippen LogP contribution >= 0.6 is 0 Å². The molecule has 0 atom stereocenters. The average molecular weight is 417 g/mol. The number of carbonyl (C=O) groups excluding carboxylic acids is 2. The number of pyridine rings is 1. The van der Waals surface area contributed by atoms with Gasteiger partial charge in [0.1, 0.15) is 5.65 Å². The number of rotatable bonds is 5. The van der Waals surface area contributed by atoms with Crippen LogP contribution in [0.3, 0.4) is 0 Å². The van der Waals surface area contributed by atoms with E-state index in [0.29, 0.717) is 18.0 Å². The van der Waals surface area contributed by atoms with Crippen LogP contribution in [-0.4, -0.2) is 39.2 Å². The Labute approximate surface area is 182 Å². The lowest BCUT2D eigenvalue weighted by Crippen LogP contribution is -2.38. The molecule has 6 heteroatoms. The monoisotopic (exact) mass is 416 g/mol. The minimum absolute atomic E-state index is 0.0861. The van der Waals surface area contributed by atoms with Gasteiger partial charge in [-0.25, -0.2) is 4.98 Å². The van der Waals surface area contributed by atoms with Crippen molar-refractivity contribution in [3.8, 4) is 0 Å². The predicted octanol–water partition coefficient (Wildman–Crippen LogP) is 3.94. The number of likely N-dealkylation sites (tertiary alicyclic amines) is 1. The van der Waals surface area contributed by atoms with Gasteiger partial charge in [0, 0.05) is 49.4 Å². The van der Waals surface area contributed by atoms with Crippen LogP contribution in [0.4, 0.5) is 0 Å². The van der Waals surface area contributed by atoms with Crippen LogP contribution in [-0.2, 0) is 11.3 Å².